The Morgan fingerprint density at radius 3 is 2.62 bits per heavy atom. The van der Waals surface area contributed by atoms with Gasteiger partial charge in [0.05, 0.1) is 5.69 Å². The molecule has 1 aliphatic carbocycles. The third-order valence-corrected chi connectivity index (χ3v) is 6.97. The molecule has 1 saturated carbocycles. The van der Waals surface area contributed by atoms with Gasteiger partial charge in [0.1, 0.15) is 5.82 Å². The minimum atomic E-state index is -0.249. The van der Waals surface area contributed by atoms with Crippen molar-refractivity contribution in [2.75, 3.05) is 38.1 Å². The molecule has 0 unspecified atom stereocenters. The highest BCUT2D eigenvalue weighted by molar-refractivity contribution is 7.13. The molecule has 2 aliphatic rings. The van der Waals surface area contributed by atoms with Crippen LogP contribution < -0.4 is 4.90 Å². The second-order valence-electron chi connectivity index (χ2n) is 7.78. The Labute approximate surface area is 159 Å². The topological polar surface area (TPSA) is 19.4 Å². The average molecular weight is 374 g/mol. The summed E-state index contributed by atoms with van der Waals surface area (Å²) >= 11 is 1.73. The number of rotatable bonds is 3. The maximum Gasteiger partial charge on any atom is 0.185 e. The van der Waals surface area contributed by atoms with Gasteiger partial charge in [0.15, 0.2) is 5.13 Å². The first-order valence-electron chi connectivity index (χ1n) is 9.83. The Morgan fingerprint density at radius 2 is 1.81 bits per heavy atom. The maximum absolute atomic E-state index is 14.7. The second kappa shape index (κ2) is 7.65. The third-order valence-electron chi connectivity index (χ3n) is 6.07. The fraction of sp³-hybridized carbons (Fsp3) is 0.571. The molecule has 4 rings (SSSR count). The number of nitrogens with zero attached hydrogens (tertiary/aromatic N) is 3. The molecule has 1 aliphatic heterocycles. The van der Waals surface area contributed by atoms with E-state index in [1.54, 1.807) is 23.5 Å². The van der Waals surface area contributed by atoms with Crippen molar-refractivity contribution in [1.29, 1.82) is 0 Å². The van der Waals surface area contributed by atoms with E-state index in [9.17, 15) is 4.39 Å². The number of aromatic nitrogens is 1. The minimum absolute atomic E-state index is 0.0830. The Bertz CT molecular complexity index is 738. The largest absolute Gasteiger partial charge is 0.347 e. The van der Waals surface area contributed by atoms with E-state index in [1.807, 2.05) is 12.1 Å². The highest BCUT2D eigenvalue weighted by atomic mass is 32.1. The number of hydrogen-bond donors (Lipinski definition) is 0. The minimum Gasteiger partial charge on any atom is -0.347 e. The first kappa shape index (κ1) is 17.9. The van der Waals surface area contributed by atoms with Gasteiger partial charge in [0.25, 0.3) is 0 Å². The van der Waals surface area contributed by atoms with E-state index < -0.39 is 0 Å². The fourth-order valence-corrected chi connectivity index (χ4v) is 5.51. The Hall–Kier alpha value is -1.46. The molecule has 0 atom stereocenters. The van der Waals surface area contributed by atoms with Crippen molar-refractivity contribution >= 4 is 16.5 Å². The van der Waals surface area contributed by atoms with Crippen LogP contribution in [-0.2, 0) is 5.41 Å². The molecule has 1 aromatic heterocycles. The van der Waals surface area contributed by atoms with E-state index in [4.69, 9.17) is 4.98 Å². The van der Waals surface area contributed by atoms with Crippen molar-refractivity contribution in [3.63, 3.8) is 0 Å². The smallest absolute Gasteiger partial charge is 0.185 e. The van der Waals surface area contributed by atoms with Gasteiger partial charge in [0.2, 0.25) is 0 Å². The molecular weight excluding hydrogens is 345 g/mol. The number of thiazole rings is 1. The zero-order valence-electron chi connectivity index (χ0n) is 15.6. The van der Waals surface area contributed by atoms with Crippen LogP contribution in [0, 0.1) is 5.82 Å². The summed E-state index contributed by atoms with van der Waals surface area (Å²) < 4.78 is 14.7. The number of halogens is 1. The zero-order valence-corrected chi connectivity index (χ0v) is 16.4. The van der Waals surface area contributed by atoms with Gasteiger partial charge in [-0.15, -0.1) is 11.3 Å². The Balaban J connectivity index is 1.67. The summed E-state index contributed by atoms with van der Waals surface area (Å²) in [5, 5.41) is 3.30. The predicted molar refractivity (Wildman–Crippen MR) is 107 cm³/mol. The molecule has 1 saturated heterocycles. The van der Waals surface area contributed by atoms with E-state index in [2.05, 4.69) is 22.2 Å². The number of benzene rings is 1. The van der Waals surface area contributed by atoms with Crippen molar-refractivity contribution in [3.05, 3.63) is 46.7 Å². The lowest BCUT2D eigenvalue weighted by Crippen LogP contribution is -2.32. The van der Waals surface area contributed by atoms with Gasteiger partial charge in [-0.25, -0.2) is 9.37 Å². The van der Waals surface area contributed by atoms with Gasteiger partial charge >= 0.3 is 0 Å². The summed E-state index contributed by atoms with van der Waals surface area (Å²) in [6, 6.07) is 7.33. The highest BCUT2D eigenvalue weighted by Crippen LogP contribution is 2.46. The van der Waals surface area contributed by atoms with Crippen LogP contribution in [0.3, 0.4) is 0 Å². The van der Waals surface area contributed by atoms with E-state index in [1.165, 1.54) is 12.8 Å². The first-order valence-corrected chi connectivity index (χ1v) is 10.7. The van der Waals surface area contributed by atoms with Gasteiger partial charge in [-0.05, 0) is 44.5 Å². The molecule has 2 heterocycles. The lowest BCUT2D eigenvalue weighted by atomic mass is 9.67. The quantitative estimate of drug-likeness (QED) is 0.779. The monoisotopic (exact) mass is 373 g/mol. The molecule has 2 aromatic rings. The zero-order chi connectivity index (χ0) is 18.0. The van der Waals surface area contributed by atoms with Crippen LogP contribution in [0.1, 0.15) is 49.8 Å². The summed E-state index contributed by atoms with van der Waals surface area (Å²) in [5.41, 5.74) is 1.67. The molecule has 140 valence electrons. The lowest BCUT2D eigenvalue weighted by molar-refractivity contribution is 0.329. The number of likely N-dealkylation sites (N-methyl/N-ethyl adjacent to an activating group) is 1. The van der Waals surface area contributed by atoms with Crippen LogP contribution in [-0.4, -0.2) is 43.1 Å². The van der Waals surface area contributed by atoms with E-state index >= 15 is 0 Å². The molecule has 2 fully saturated rings. The average Bonchev–Trinajstić information content (AvgIpc) is 3.06. The highest BCUT2D eigenvalue weighted by Gasteiger charge is 2.40. The van der Waals surface area contributed by atoms with Gasteiger partial charge in [0, 0.05) is 30.4 Å². The van der Waals surface area contributed by atoms with Crippen molar-refractivity contribution in [1.82, 2.24) is 9.88 Å². The maximum atomic E-state index is 14.7. The van der Waals surface area contributed by atoms with Gasteiger partial charge < -0.3 is 9.80 Å². The van der Waals surface area contributed by atoms with Crippen LogP contribution in [0.15, 0.2) is 29.6 Å². The first-order chi connectivity index (χ1) is 12.7. The SMILES string of the molecule is CN1CCCN(c2nc(C3(c4ccccc4F)CCCCC3)cs2)CC1. The summed E-state index contributed by atoms with van der Waals surface area (Å²) in [6.07, 6.45) is 6.71. The van der Waals surface area contributed by atoms with Crippen molar-refractivity contribution < 1.29 is 4.39 Å². The Kier molecular flexibility index (Phi) is 5.28. The van der Waals surface area contributed by atoms with Crippen molar-refractivity contribution in [3.8, 4) is 0 Å². The summed E-state index contributed by atoms with van der Waals surface area (Å²) in [7, 11) is 2.19. The van der Waals surface area contributed by atoms with Crippen molar-refractivity contribution in [2.45, 2.75) is 43.9 Å². The molecule has 0 amide bonds. The van der Waals surface area contributed by atoms with Crippen LogP contribution in [0.5, 0.6) is 0 Å². The van der Waals surface area contributed by atoms with Gasteiger partial charge in [-0.3, -0.25) is 0 Å². The molecule has 26 heavy (non-hydrogen) atoms. The molecule has 0 N–H and O–H groups in total. The lowest BCUT2D eigenvalue weighted by Gasteiger charge is -2.37. The molecule has 0 bridgehead atoms. The Morgan fingerprint density at radius 1 is 1.00 bits per heavy atom. The standard InChI is InChI=1S/C21H28FN3S/c1-24-12-7-13-25(15-14-24)20-23-19(16-26-20)21(10-5-2-6-11-21)17-8-3-4-9-18(17)22/h3-4,8-9,16H,2,5-7,10-15H2,1H3. The van der Waals surface area contributed by atoms with Crippen molar-refractivity contribution in [2.24, 2.45) is 0 Å². The van der Waals surface area contributed by atoms with Crippen LogP contribution in [0.4, 0.5) is 9.52 Å². The fourth-order valence-electron chi connectivity index (χ4n) is 4.54. The molecule has 5 heteroatoms. The summed E-state index contributed by atoms with van der Waals surface area (Å²) in [6.45, 7) is 4.31. The van der Waals surface area contributed by atoms with Gasteiger partial charge in [-0.2, -0.15) is 0 Å². The van der Waals surface area contributed by atoms with E-state index in [0.29, 0.717) is 0 Å². The van der Waals surface area contributed by atoms with Crippen LogP contribution in [0.2, 0.25) is 0 Å². The normalized spacial score (nSPS) is 21.5. The number of anilines is 1. The van der Waals surface area contributed by atoms with Crippen LogP contribution in [0.25, 0.3) is 0 Å². The summed E-state index contributed by atoms with van der Waals surface area (Å²) in [5.74, 6) is -0.0830. The molecular formula is C21H28FN3S. The molecule has 3 nitrogen and oxygen atoms in total. The predicted octanol–water partition coefficient (Wildman–Crippen LogP) is 4.67. The molecule has 0 spiro atoms. The van der Waals surface area contributed by atoms with E-state index in [0.717, 1.165) is 68.3 Å². The number of hydrogen-bond acceptors (Lipinski definition) is 4. The van der Waals surface area contributed by atoms with E-state index in [-0.39, 0.29) is 11.2 Å². The van der Waals surface area contributed by atoms with Crippen LogP contribution >= 0.6 is 11.3 Å². The van der Waals surface area contributed by atoms with Gasteiger partial charge in [-0.1, -0.05) is 37.5 Å². The summed E-state index contributed by atoms with van der Waals surface area (Å²) in [4.78, 5) is 9.87. The molecule has 1 aromatic carbocycles. The second-order valence-corrected chi connectivity index (χ2v) is 8.62. The third kappa shape index (κ3) is 3.39. The molecule has 0 radical (unpaired) electrons.